The summed E-state index contributed by atoms with van der Waals surface area (Å²) in [6.45, 7) is 0.271. The Morgan fingerprint density at radius 2 is 1.68 bits per heavy atom. The van der Waals surface area contributed by atoms with E-state index in [0.717, 1.165) is 24.1 Å². The van der Waals surface area contributed by atoms with Crippen molar-refractivity contribution in [3.8, 4) is 0 Å². The van der Waals surface area contributed by atoms with E-state index < -0.39 is 12.0 Å². The van der Waals surface area contributed by atoms with Crippen molar-refractivity contribution in [1.29, 1.82) is 0 Å². The van der Waals surface area contributed by atoms with Gasteiger partial charge in [-0.25, -0.2) is 4.79 Å². The van der Waals surface area contributed by atoms with Crippen molar-refractivity contribution in [2.45, 2.75) is 31.5 Å². The summed E-state index contributed by atoms with van der Waals surface area (Å²) in [4.78, 5) is 22.8. The quantitative estimate of drug-likeness (QED) is 0.754. The van der Waals surface area contributed by atoms with Crippen LogP contribution in [0.1, 0.15) is 28.8 Å². The highest BCUT2D eigenvalue weighted by atomic mass is 16.5. The second-order valence-corrected chi connectivity index (χ2v) is 6.16. The maximum atomic E-state index is 11.8. The van der Waals surface area contributed by atoms with Crippen molar-refractivity contribution >= 4 is 17.7 Å². The average molecular weight is 339 g/mol. The summed E-state index contributed by atoms with van der Waals surface area (Å²) in [6.07, 6.45) is 1.27. The molecule has 2 aromatic rings. The molecule has 6 nitrogen and oxygen atoms in total. The second kappa shape index (κ2) is 7.70. The van der Waals surface area contributed by atoms with Crippen molar-refractivity contribution in [2.24, 2.45) is 5.73 Å². The normalized spacial score (nSPS) is 18.7. The van der Waals surface area contributed by atoms with Crippen LogP contribution in [0.4, 0.5) is 10.5 Å². The molecule has 0 atom stereocenters. The number of carbonyl (C=O) groups excluding carboxylic acids is 2. The highest BCUT2D eigenvalue weighted by Crippen LogP contribution is 2.24. The van der Waals surface area contributed by atoms with Gasteiger partial charge in [0.15, 0.2) is 0 Å². The number of nitrogens with two attached hydrogens (primary N) is 1. The van der Waals surface area contributed by atoms with E-state index in [2.05, 4.69) is 10.6 Å². The zero-order valence-electron chi connectivity index (χ0n) is 13.8. The molecular weight excluding hydrogens is 318 g/mol. The number of hydrogen-bond donors (Lipinski definition) is 3. The Morgan fingerprint density at radius 1 is 1.00 bits per heavy atom. The first kappa shape index (κ1) is 16.8. The first-order valence-electron chi connectivity index (χ1n) is 8.24. The molecule has 3 rings (SSSR count). The van der Waals surface area contributed by atoms with Gasteiger partial charge in [-0.05, 0) is 42.7 Å². The number of ether oxygens (including phenoxy) is 1. The van der Waals surface area contributed by atoms with Gasteiger partial charge < -0.3 is 21.1 Å². The fourth-order valence-corrected chi connectivity index (χ4v) is 2.75. The molecule has 1 aliphatic rings. The smallest absolute Gasteiger partial charge is 0.407 e. The van der Waals surface area contributed by atoms with Crippen LogP contribution in [0.5, 0.6) is 0 Å². The fraction of sp³-hybridized carbons (Fsp3) is 0.263. The molecule has 0 spiro atoms. The fourth-order valence-electron chi connectivity index (χ4n) is 2.75. The molecule has 1 aliphatic carbocycles. The topological polar surface area (TPSA) is 93.5 Å². The van der Waals surface area contributed by atoms with Gasteiger partial charge in [0.2, 0.25) is 5.91 Å². The van der Waals surface area contributed by atoms with Crippen LogP contribution in [0.25, 0.3) is 0 Å². The van der Waals surface area contributed by atoms with Gasteiger partial charge >= 0.3 is 6.09 Å². The van der Waals surface area contributed by atoms with Crippen molar-refractivity contribution in [3.05, 3.63) is 65.7 Å². The van der Waals surface area contributed by atoms with Crippen molar-refractivity contribution < 1.29 is 14.3 Å². The van der Waals surface area contributed by atoms with Gasteiger partial charge in [-0.15, -0.1) is 0 Å². The molecule has 2 amide bonds. The Hall–Kier alpha value is -3.02. The highest BCUT2D eigenvalue weighted by molar-refractivity contribution is 5.93. The van der Waals surface area contributed by atoms with Crippen molar-refractivity contribution in [1.82, 2.24) is 5.32 Å². The Morgan fingerprint density at radius 3 is 2.32 bits per heavy atom. The third-order valence-corrected chi connectivity index (χ3v) is 4.21. The molecule has 25 heavy (non-hydrogen) atoms. The standard InChI is InChI=1S/C19H21N3O3/c20-18(23)14-6-8-15(9-7-14)21-16-10-17(11-16)22-19(24)25-12-13-4-2-1-3-5-13/h1-9,16-17,21H,10-12H2,(H2,20,23)(H,22,24). The molecule has 4 N–H and O–H groups in total. The third kappa shape index (κ3) is 4.73. The van der Waals surface area contributed by atoms with Crippen LogP contribution < -0.4 is 16.4 Å². The predicted molar refractivity (Wildman–Crippen MR) is 95.2 cm³/mol. The Labute approximate surface area is 146 Å². The van der Waals surface area contributed by atoms with E-state index in [1.807, 2.05) is 42.5 Å². The van der Waals surface area contributed by atoms with E-state index in [4.69, 9.17) is 10.5 Å². The Balaban J connectivity index is 1.36. The molecule has 130 valence electrons. The van der Waals surface area contributed by atoms with E-state index in [1.54, 1.807) is 12.1 Å². The lowest BCUT2D eigenvalue weighted by molar-refractivity contribution is 0.1000. The molecule has 1 fully saturated rings. The maximum Gasteiger partial charge on any atom is 0.407 e. The third-order valence-electron chi connectivity index (χ3n) is 4.21. The van der Waals surface area contributed by atoms with Gasteiger partial charge in [-0.2, -0.15) is 0 Å². The summed E-state index contributed by atoms with van der Waals surface area (Å²) in [5.74, 6) is -0.437. The largest absolute Gasteiger partial charge is 0.445 e. The Bertz CT molecular complexity index is 725. The van der Waals surface area contributed by atoms with Crippen molar-refractivity contribution in [2.75, 3.05) is 5.32 Å². The average Bonchev–Trinajstić information content (AvgIpc) is 2.59. The lowest BCUT2D eigenvalue weighted by Crippen LogP contribution is -2.49. The van der Waals surface area contributed by atoms with Crippen LogP contribution in [0.3, 0.4) is 0 Å². The molecular formula is C19H21N3O3. The molecule has 0 saturated heterocycles. The van der Waals surface area contributed by atoms with Gasteiger partial charge in [0.1, 0.15) is 6.61 Å². The minimum atomic E-state index is -0.437. The van der Waals surface area contributed by atoms with Gasteiger partial charge in [0.05, 0.1) is 0 Å². The van der Waals surface area contributed by atoms with Crippen LogP contribution in [0.15, 0.2) is 54.6 Å². The molecule has 6 heteroatoms. The number of alkyl carbamates (subject to hydrolysis) is 1. The van der Waals surface area contributed by atoms with Crippen LogP contribution in [-0.2, 0) is 11.3 Å². The summed E-state index contributed by atoms with van der Waals surface area (Å²) in [5.41, 5.74) is 7.60. The lowest BCUT2D eigenvalue weighted by Gasteiger charge is -2.36. The molecule has 0 unspecified atom stereocenters. The molecule has 0 aromatic heterocycles. The molecule has 0 aliphatic heterocycles. The first-order chi connectivity index (χ1) is 12.1. The number of amides is 2. The van der Waals surface area contributed by atoms with E-state index in [-0.39, 0.29) is 12.6 Å². The number of anilines is 1. The van der Waals surface area contributed by atoms with Crippen LogP contribution in [-0.4, -0.2) is 24.1 Å². The number of nitrogens with one attached hydrogen (secondary N) is 2. The van der Waals surface area contributed by atoms with Crippen LogP contribution >= 0.6 is 0 Å². The highest BCUT2D eigenvalue weighted by Gasteiger charge is 2.30. The molecule has 0 bridgehead atoms. The van der Waals surface area contributed by atoms with Gasteiger partial charge in [-0.3, -0.25) is 4.79 Å². The minimum Gasteiger partial charge on any atom is -0.445 e. The second-order valence-electron chi connectivity index (χ2n) is 6.16. The molecule has 0 radical (unpaired) electrons. The maximum absolute atomic E-state index is 11.8. The summed E-state index contributed by atoms with van der Waals surface area (Å²) < 4.78 is 5.21. The predicted octanol–water partition coefficient (Wildman–Crippen LogP) is 2.65. The first-order valence-corrected chi connectivity index (χ1v) is 8.24. The zero-order valence-corrected chi connectivity index (χ0v) is 13.8. The van der Waals surface area contributed by atoms with E-state index >= 15 is 0 Å². The molecule has 2 aromatic carbocycles. The number of primary amides is 1. The van der Waals surface area contributed by atoms with E-state index in [1.165, 1.54) is 0 Å². The monoisotopic (exact) mass is 339 g/mol. The van der Waals surface area contributed by atoms with E-state index in [0.29, 0.717) is 11.6 Å². The van der Waals surface area contributed by atoms with Gasteiger partial charge in [-0.1, -0.05) is 30.3 Å². The zero-order chi connectivity index (χ0) is 17.6. The summed E-state index contributed by atoms with van der Waals surface area (Å²) in [5, 5.41) is 6.23. The Kier molecular flexibility index (Phi) is 5.18. The van der Waals surface area contributed by atoms with Gasteiger partial charge in [0.25, 0.3) is 0 Å². The summed E-state index contributed by atoms with van der Waals surface area (Å²) in [7, 11) is 0. The number of carbonyl (C=O) groups is 2. The number of benzene rings is 2. The lowest BCUT2D eigenvalue weighted by atomic mass is 9.86. The summed E-state index contributed by atoms with van der Waals surface area (Å²) in [6, 6.07) is 17.0. The van der Waals surface area contributed by atoms with Crippen LogP contribution in [0, 0.1) is 0 Å². The van der Waals surface area contributed by atoms with Gasteiger partial charge in [0, 0.05) is 23.3 Å². The van der Waals surface area contributed by atoms with E-state index in [9.17, 15) is 9.59 Å². The minimum absolute atomic E-state index is 0.116. The molecule has 1 saturated carbocycles. The molecule has 0 heterocycles. The van der Waals surface area contributed by atoms with Crippen LogP contribution in [0.2, 0.25) is 0 Å². The number of rotatable bonds is 6. The van der Waals surface area contributed by atoms with Crippen molar-refractivity contribution in [3.63, 3.8) is 0 Å². The number of hydrogen-bond acceptors (Lipinski definition) is 4. The SMILES string of the molecule is NC(=O)c1ccc(NC2CC(NC(=O)OCc3ccccc3)C2)cc1. The summed E-state index contributed by atoms with van der Waals surface area (Å²) >= 11 is 0.